The summed E-state index contributed by atoms with van der Waals surface area (Å²) >= 11 is 0. The smallest absolute Gasteiger partial charge is 0.416 e. The van der Waals surface area contributed by atoms with Crippen LogP contribution < -0.4 is 9.46 Å². The number of fused-ring (bicyclic) bond motifs is 1. The molecule has 5 nitrogen and oxygen atoms in total. The topological polar surface area (TPSA) is 64.1 Å². The van der Waals surface area contributed by atoms with Gasteiger partial charge in [0.2, 0.25) is 0 Å². The van der Waals surface area contributed by atoms with Crippen molar-refractivity contribution in [1.82, 2.24) is 9.97 Å². The van der Waals surface area contributed by atoms with Gasteiger partial charge in [-0.2, -0.15) is 13.2 Å². The highest BCUT2D eigenvalue weighted by atomic mass is 32.2. The second kappa shape index (κ2) is 11.7. The van der Waals surface area contributed by atoms with Gasteiger partial charge in [0.05, 0.1) is 23.7 Å². The number of hydrogen-bond donors (Lipinski definition) is 1. The van der Waals surface area contributed by atoms with Crippen molar-refractivity contribution in [3.8, 4) is 5.75 Å². The van der Waals surface area contributed by atoms with Crippen LogP contribution in [0, 0.1) is 0 Å². The molecule has 0 fully saturated rings. The molecule has 4 rings (SSSR count). The first kappa shape index (κ1) is 24.6. The lowest BCUT2D eigenvalue weighted by atomic mass is 10.1. The number of nitrogens with one attached hydrogen (secondary N) is 1. The van der Waals surface area contributed by atoms with E-state index in [9.17, 15) is 21.8 Å². The summed E-state index contributed by atoms with van der Waals surface area (Å²) in [7, 11) is -1.35. The zero-order valence-corrected chi connectivity index (χ0v) is 18.5. The van der Waals surface area contributed by atoms with Gasteiger partial charge in [0.1, 0.15) is 17.9 Å². The summed E-state index contributed by atoms with van der Waals surface area (Å²) in [6.45, 7) is 0.221. The number of aryl methyl sites for hydroxylation is 2. The predicted octanol–water partition coefficient (Wildman–Crippen LogP) is 5.54. The Labute approximate surface area is 191 Å². The average Bonchev–Trinajstić information content (AvgIpc) is 2.83. The Bertz CT molecular complexity index is 1070. The summed E-state index contributed by atoms with van der Waals surface area (Å²) < 4.78 is 69.0. The van der Waals surface area contributed by atoms with E-state index in [4.69, 9.17) is 4.74 Å². The Morgan fingerprint density at radius 2 is 1.97 bits per heavy atom. The van der Waals surface area contributed by atoms with Crippen molar-refractivity contribution in [2.75, 3.05) is 18.0 Å². The summed E-state index contributed by atoms with van der Waals surface area (Å²) in [6, 6.07) is 12.3. The SMILES string of the molecule is FCCCc1cccc(C(F)(F)F)c1.O=S(Nc1ccncn1)c1ccc2c(c1)OCCC2. The Balaban J connectivity index is 0.000000196. The number of hydrogen-bond acceptors (Lipinski definition) is 4. The van der Waals surface area contributed by atoms with Crippen molar-refractivity contribution in [3.05, 3.63) is 77.7 Å². The first-order valence-electron chi connectivity index (χ1n) is 10.3. The van der Waals surface area contributed by atoms with Crippen LogP contribution in [-0.2, 0) is 30.0 Å². The molecular formula is C23H23F4N3O2S. The lowest BCUT2D eigenvalue weighted by molar-refractivity contribution is -0.137. The molecule has 0 radical (unpaired) electrons. The fourth-order valence-electron chi connectivity index (χ4n) is 3.11. The third kappa shape index (κ3) is 7.52. The van der Waals surface area contributed by atoms with E-state index in [1.807, 2.05) is 18.2 Å². The Kier molecular flexibility index (Phi) is 8.76. The second-order valence-electron chi connectivity index (χ2n) is 7.18. The number of rotatable bonds is 6. The minimum Gasteiger partial charge on any atom is -0.493 e. The van der Waals surface area contributed by atoms with E-state index in [2.05, 4.69) is 14.7 Å². The standard InChI is InChI=1S/C13H13N3O2S.C10H10F4/c17-19(16-13-5-6-14-9-15-13)11-4-3-10-2-1-7-18-12(10)8-11;11-6-2-4-8-3-1-5-9(7-8)10(12,13)14/h3-6,8-9H,1-2,7H2,(H,14,15,16);1,3,5,7H,2,4,6H2. The predicted molar refractivity (Wildman–Crippen MR) is 118 cm³/mol. The van der Waals surface area contributed by atoms with Gasteiger partial charge in [0.25, 0.3) is 0 Å². The molecule has 0 saturated carbocycles. The largest absolute Gasteiger partial charge is 0.493 e. The highest BCUT2D eigenvalue weighted by Gasteiger charge is 2.30. The molecule has 0 spiro atoms. The summed E-state index contributed by atoms with van der Waals surface area (Å²) in [5.41, 5.74) is 1.03. The lowest BCUT2D eigenvalue weighted by Gasteiger charge is -2.17. The summed E-state index contributed by atoms with van der Waals surface area (Å²) in [4.78, 5) is 8.48. The van der Waals surface area contributed by atoms with Crippen LogP contribution in [0.1, 0.15) is 29.5 Å². The van der Waals surface area contributed by atoms with Crippen LogP contribution in [0.15, 0.2) is 66.0 Å². The van der Waals surface area contributed by atoms with Crippen molar-refractivity contribution >= 4 is 16.8 Å². The second-order valence-corrected chi connectivity index (χ2v) is 8.39. The lowest BCUT2D eigenvalue weighted by Crippen LogP contribution is -2.10. The zero-order valence-electron chi connectivity index (χ0n) is 17.6. The molecule has 0 amide bonds. The van der Waals surface area contributed by atoms with Gasteiger partial charge < -0.3 is 4.74 Å². The summed E-state index contributed by atoms with van der Waals surface area (Å²) in [5.74, 6) is 1.37. The van der Waals surface area contributed by atoms with E-state index in [0.717, 1.165) is 37.3 Å². The maximum absolute atomic E-state index is 12.2. The van der Waals surface area contributed by atoms with Crippen molar-refractivity contribution in [2.24, 2.45) is 0 Å². The van der Waals surface area contributed by atoms with Gasteiger partial charge >= 0.3 is 6.18 Å². The minimum atomic E-state index is -4.31. The van der Waals surface area contributed by atoms with Crippen LogP contribution in [0.5, 0.6) is 5.75 Å². The fourth-order valence-corrected chi connectivity index (χ4v) is 3.95. The molecule has 1 N–H and O–H groups in total. The summed E-state index contributed by atoms with van der Waals surface area (Å²) in [6.07, 6.45) is 1.36. The normalized spacial score (nSPS) is 13.7. The zero-order chi connectivity index (χ0) is 23.7. The van der Waals surface area contributed by atoms with Crippen LogP contribution in [0.2, 0.25) is 0 Å². The molecular weight excluding hydrogens is 458 g/mol. The number of aromatic nitrogens is 2. The number of anilines is 1. The molecule has 1 aliphatic heterocycles. The minimum absolute atomic E-state index is 0.265. The molecule has 2 heterocycles. The third-order valence-corrected chi connectivity index (χ3v) is 5.81. The van der Waals surface area contributed by atoms with Crippen molar-refractivity contribution in [2.45, 2.75) is 36.8 Å². The van der Waals surface area contributed by atoms with Crippen LogP contribution in [-0.4, -0.2) is 27.5 Å². The van der Waals surface area contributed by atoms with Crippen molar-refractivity contribution in [1.29, 1.82) is 0 Å². The molecule has 10 heteroatoms. The Morgan fingerprint density at radius 3 is 2.70 bits per heavy atom. The molecule has 3 aromatic rings. The average molecular weight is 482 g/mol. The molecule has 2 aromatic carbocycles. The van der Waals surface area contributed by atoms with Crippen molar-refractivity contribution in [3.63, 3.8) is 0 Å². The third-order valence-electron chi connectivity index (χ3n) is 4.73. The molecule has 1 atom stereocenters. The van der Waals surface area contributed by atoms with Gasteiger partial charge in [0, 0.05) is 6.20 Å². The molecule has 0 bridgehead atoms. The first-order chi connectivity index (χ1) is 15.9. The monoisotopic (exact) mass is 481 g/mol. The molecule has 1 aliphatic rings. The van der Waals surface area contributed by atoms with E-state index in [0.29, 0.717) is 22.7 Å². The van der Waals surface area contributed by atoms with Crippen LogP contribution in [0.25, 0.3) is 0 Å². The van der Waals surface area contributed by atoms with E-state index >= 15 is 0 Å². The number of ether oxygens (including phenoxy) is 1. The van der Waals surface area contributed by atoms with E-state index < -0.39 is 29.4 Å². The van der Waals surface area contributed by atoms with Gasteiger partial charge in [-0.15, -0.1) is 0 Å². The molecule has 1 aromatic heterocycles. The van der Waals surface area contributed by atoms with E-state index in [-0.39, 0.29) is 6.42 Å². The Morgan fingerprint density at radius 1 is 1.12 bits per heavy atom. The highest BCUT2D eigenvalue weighted by molar-refractivity contribution is 7.86. The summed E-state index contributed by atoms with van der Waals surface area (Å²) in [5, 5.41) is 0. The van der Waals surface area contributed by atoms with E-state index in [1.54, 1.807) is 18.3 Å². The van der Waals surface area contributed by atoms with Gasteiger partial charge in [-0.3, -0.25) is 9.11 Å². The maximum Gasteiger partial charge on any atom is 0.416 e. The molecule has 0 aliphatic carbocycles. The quantitative estimate of drug-likeness (QED) is 0.470. The van der Waals surface area contributed by atoms with Gasteiger partial charge in [0.15, 0.2) is 11.0 Å². The van der Waals surface area contributed by atoms with Crippen molar-refractivity contribution < 1.29 is 26.5 Å². The van der Waals surface area contributed by atoms with Crippen LogP contribution in [0.3, 0.4) is 0 Å². The van der Waals surface area contributed by atoms with E-state index in [1.165, 1.54) is 18.0 Å². The van der Waals surface area contributed by atoms with Crippen LogP contribution in [0.4, 0.5) is 23.4 Å². The highest BCUT2D eigenvalue weighted by Crippen LogP contribution is 2.30. The number of halogens is 4. The Hall–Kier alpha value is -3.01. The fraction of sp³-hybridized carbons (Fsp3) is 0.304. The number of benzene rings is 2. The number of nitrogens with zero attached hydrogens (tertiary/aromatic N) is 2. The molecule has 0 saturated heterocycles. The molecule has 33 heavy (non-hydrogen) atoms. The van der Waals surface area contributed by atoms with Gasteiger partial charge in [-0.1, -0.05) is 24.3 Å². The molecule has 176 valence electrons. The number of alkyl halides is 4. The van der Waals surface area contributed by atoms with Crippen LogP contribution >= 0.6 is 0 Å². The van der Waals surface area contributed by atoms with Gasteiger partial charge in [-0.05, 0) is 61.1 Å². The molecule has 1 unspecified atom stereocenters. The maximum atomic E-state index is 12.2. The van der Waals surface area contributed by atoms with Gasteiger partial charge in [-0.25, -0.2) is 14.2 Å². The first-order valence-corrected chi connectivity index (χ1v) is 11.4.